The molecule has 0 spiro atoms. The van der Waals surface area contributed by atoms with Crippen molar-refractivity contribution in [1.82, 2.24) is 9.88 Å². The van der Waals surface area contributed by atoms with Crippen LogP contribution in [0.5, 0.6) is 0 Å². The molecule has 3 aromatic rings. The predicted octanol–water partition coefficient (Wildman–Crippen LogP) is 3.38. The van der Waals surface area contributed by atoms with E-state index in [-0.39, 0.29) is 5.56 Å². The highest BCUT2D eigenvalue weighted by Crippen LogP contribution is 2.24. The first-order valence-corrected chi connectivity index (χ1v) is 9.00. The molecule has 1 aliphatic rings. The number of benzene rings is 2. The standard InChI is InChI=1S/C21H21FN4O/c1-25-10-12-26(13-11-25)15-7-8-16(18(22)14-15)21(27)24-20-6-2-5-19-17(20)4-3-9-23-19/h2-9,14H,10-13H2,1H3,(H,24,27). The SMILES string of the molecule is CN1CCN(c2ccc(C(=O)Nc3cccc4ncccc34)c(F)c2)CC1. The second kappa shape index (κ2) is 7.32. The van der Waals surface area contributed by atoms with Crippen LogP contribution in [-0.4, -0.2) is 49.0 Å². The van der Waals surface area contributed by atoms with E-state index in [1.807, 2.05) is 30.3 Å². The quantitative estimate of drug-likeness (QED) is 0.774. The summed E-state index contributed by atoms with van der Waals surface area (Å²) < 4.78 is 14.6. The Hall–Kier alpha value is -2.99. The number of nitrogens with one attached hydrogen (secondary N) is 1. The minimum absolute atomic E-state index is 0.0359. The van der Waals surface area contributed by atoms with E-state index >= 15 is 0 Å². The van der Waals surface area contributed by atoms with Gasteiger partial charge in [-0.25, -0.2) is 4.39 Å². The molecule has 0 saturated carbocycles. The van der Waals surface area contributed by atoms with Crippen molar-refractivity contribution in [2.75, 3.05) is 43.4 Å². The van der Waals surface area contributed by atoms with Gasteiger partial charge in [-0.05, 0) is 49.5 Å². The predicted molar refractivity (Wildman–Crippen MR) is 106 cm³/mol. The van der Waals surface area contributed by atoms with Crippen molar-refractivity contribution in [2.45, 2.75) is 0 Å². The number of fused-ring (bicyclic) bond motifs is 1. The van der Waals surface area contributed by atoms with E-state index in [4.69, 9.17) is 0 Å². The molecule has 0 unspecified atom stereocenters. The van der Waals surface area contributed by atoms with Gasteiger partial charge in [0.05, 0.1) is 16.8 Å². The van der Waals surface area contributed by atoms with Gasteiger partial charge in [0.15, 0.2) is 0 Å². The Bertz CT molecular complexity index is 978. The van der Waals surface area contributed by atoms with E-state index in [9.17, 15) is 9.18 Å². The molecule has 1 saturated heterocycles. The molecule has 1 fully saturated rings. The normalized spacial score (nSPS) is 15.1. The molecule has 1 N–H and O–H groups in total. The van der Waals surface area contributed by atoms with Crippen LogP contribution in [0.1, 0.15) is 10.4 Å². The maximum atomic E-state index is 14.6. The van der Waals surface area contributed by atoms with E-state index in [1.54, 1.807) is 18.3 Å². The largest absolute Gasteiger partial charge is 0.369 e. The highest BCUT2D eigenvalue weighted by atomic mass is 19.1. The van der Waals surface area contributed by atoms with Crippen LogP contribution in [0.25, 0.3) is 10.9 Å². The van der Waals surface area contributed by atoms with Crippen molar-refractivity contribution in [3.63, 3.8) is 0 Å². The van der Waals surface area contributed by atoms with Crippen molar-refractivity contribution in [1.29, 1.82) is 0 Å². The van der Waals surface area contributed by atoms with Gasteiger partial charge in [-0.15, -0.1) is 0 Å². The first kappa shape index (κ1) is 17.4. The molecule has 2 aromatic carbocycles. The van der Waals surface area contributed by atoms with Gasteiger partial charge in [-0.1, -0.05) is 6.07 Å². The number of amides is 1. The number of hydrogen-bond acceptors (Lipinski definition) is 4. The lowest BCUT2D eigenvalue weighted by atomic mass is 10.1. The molecule has 1 aliphatic heterocycles. The maximum Gasteiger partial charge on any atom is 0.258 e. The third-order valence-corrected chi connectivity index (χ3v) is 4.96. The smallest absolute Gasteiger partial charge is 0.258 e. The first-order chi connectivity index (χ1) is 13.1. The molecule has 0 bridgehead atoms. The van der Waals surface area contributed by atoms with Gasteiger partial charge in [0.2, 0.25) is 0 Å². The van der Waals surface area contributed by atoms with Crippen molar-refractivity contribution >= 4 is 28.2 Å². The number of carbonyl (C=O) groups is 1. The fourth-order valence-corrected chi connectivity index (χ4v) is 3.35. The number of carbonyl (C=O) groups excluding carboxylic acids is 1. The Morgan fingerprint density at radius 1 is 1.07 bits per heavy atom. The zero-order valence-corrected chi connectivity index (χ0v) is 15.2. The van der Waals surface area contributed by atoms with Gasteiger partial charge in [0.1, 0.15) is 5.82 Å². The molecule has 1 amide bonds. The van der Waals surface area contributed by atoms with E-state index in [2.05, 4.69) is 27.1 Å². The highest BCUT2D eigenvalue weighted by molar-refractivity contribution is 6.08. The van der Waals surface area contributed by atoms with Crippen molar-refractivity contribution < 1.29 is 9.18 Å². The van der Waals surface area contributed by atoms with Crippen LogP contribution in [0.15, 0.2) is 54.7 Å². The molecule has 5 nitrogen and oxygen atoms in total. The molecule has 0 atom stereocenters. The fraction of sp³-hybridized carbons (Fsp3) is 0.238. The summed E-state index contributed by atoms with van der Waals surface area (Å²) in [5.74, 6) is -0.976. The summed E-state index contributed by atoms with van der Waals surface area (Å²) >= 11 is 0. The van der Waals surface area contributed by atoms with Crippen LogP contribution in [0, 0.1) is 5.82 Å². The molecule has 4 rings (SSSR count). The van der Waals surface area contributed by atoms with Gasteiger partial charge in [0, 0.05) is 43.4 Å². The van der Waals surface area contributed by atoms with Crippen LogP contribution >= 0.6 is 0 Å². The van der Waals surface area contributed by atoms with Crippen LogP contribution in [-0.2, 0) is 0 Å². The Morgan fingerprint density at radius 3 is 2.67 bits per heavy atom. The maximum absolute atomic E-state index is 14.6. The lowest BCUT2D eigenvalue weighted by Gasteiger charge is -2.34. The summed E-state index contributed by atoms with van der Waals surface area (Å²) in [7, 11) is 2.08. The number of halogens is 1. The van der Waals surface area contributed by atoms with Gasteiger partial charge < -0.3 is 15.1 Å². The van der Waals surface area contributed by atoms with Gasteiger partial charge in [-0.2, -0.15) is 0 Å². The number of hydrogen-bond donors (Lipinski definition) is 1. The number of rotatable bonds is 3. The molecule has 1 aromatic heterocycles. The van der Waals surface area contributed by atoms with E-state index in [0.717, 1.165) is 42.8 Å². The molecule has 2 heterocycles. The summed E-state index contributed by atoms with van der Waals surface area (Å²) in [5, 5.41) is 3.63. The third-order valence-electron chi connectivity index (χ3n) is 4.96. The lowest BCUT2D eigenvalue weighted by molar-refractivity contribution is 0.102. The molecule has 6 heteroatoms. The van der Waals surface area contributed by atoms with Crippen LogP contribution in [0.3, 0.4) is 0 Å². The molecule has 138 valence electrons. The van der Waals surface area contributed by atoms with E-state index in [1.165, 1.54) is 6.07 Å². The Balaban J connectivity index is 1.55. The van der Waals surface area contributed by atoms with E-state index in [0.29, 0.717) is 5.69 Å². The zero-order valence-electron chi connectivity index (χ0n) is 15.2. The molecular weight excluding hydrogens is 343 g/mol. The summed E-state index contributed by atoms with van der Waals surface area (Å²) in [5.41, 5.74) is 2.25. The molecular formula is C21H21FN4O. The molecule has 27 heavy (non-hydrogen) atoms. The summed E-state index contributed by atoms with van der Waals surface area (Å²) in [6, 6.07) is 14.0. The zero-order chi connectivity index (χ0) is 18.8. The van der Waals surface area contributed by atoms with Crippen LogP contribution in [0.2, 0.25) is 0 Å². The number of piperazine rings is 1. The number of nitrogens with zero attached hydrogens (tertiary/aromatic N) is 3. The third kappa shape index (κ3) is 3.61. The van der Waals surface area contributed by atoms with E-state index < -0.39 is 11.7 Å². The van der Waals surface area contributed by atoms with Crippen LogP contribution < -0.4 is 10.2 Å². The monoisotopic (exact) mass is 364 g/mol. The Kier molecular flexibility index (Phi) is 4.73. The minimum atomic E-state index is -0.512. The van der Waals surface area contributed by atoms with Crippen LogP contribution in [0.4, 0.5) is 15.8 Å². The summed E-state index contributed by atoms with van der Waals surface area (Å²) in [6.07, 6.45) is 1.70. The second-order valence-electron chi connectivity index (χ2n) is 6.78. The van der Waals surface area contributed by atoms with Gasteiger partial charge in [0.25, 0.3) is 5.91 Å². The Morgan fingerprint density at radius 2 is 1.89 bits per heavy atom. The topological polar surface area (TPSA) is 48.5 Å². The van der Waals surface area contributed by atoms with Crippen molar-refractivity contribution in [3.05, 3.63) is 66.1 Å². The fourth-order valence-electron chi connectivity index (χ4n) is 3.35. The lowest BCUT2D eigenvalue weighted by Crippen LogP contribution is -2.44. The van der Waals surface area contributed by atoms with Crippen molar-refractivity contribution in [3.8, 4) is 0 Å². The molecule has 0 aliphatic carbocycles. The van der Waals surface area contributed by atoms with Crippen molar-refractivity contribution in [2.24, 2.45) is 0 Å². The average Bonchev–Trinajstić information content (AvgIpc) is 2.68. The van der Waals surface area contributed by atoms with Gasteiger partial charge in [-0.3, -0.25) is 9.78 Å². The molecule has 0 radical (unpaired) electrons. The highest BCUT2D eigenvalue weighted by Gasteiger charge is 2.18. The number of likely N-dealkylation sites (N-methyl/N-ethyl adjacent to an activating group) is 1. The first-order valence-electron chi connectivity index (χ1n) is 9.00. The Labute approximate surface area is 157 Å². The number of pyridine rings is 1. The van der Waals surface area contributed by atoms with Gasteiger partial charge >= 0.3 is 0 Å². The second-order valence-corrected chi connectivity index (χ2v) is 6.78. The summed E-state index contributed by atoms with van der Waals surface area (Å²) in [4.78, 5) is 21.3. The number of aromatic nitrogens is 1. The minimum Gasteiger partial charge on any atom is -0.369 e. The number of anilines is 2. The summed E-state index contributed by atoms with van der Waals surface area (Å²) in [6.45, 7) is 3.59. The average molecular weight is 364 g/mol.